The highest BCUT2D eigenvalue weighted by molar-refractivity contribution is 7.16. The van der Waals surface area contributed by atoms with Crippen molar-refractivity contribution in [3.63, 3.8) is 0 Å². The number of hydrogen-bond acceptors (Lipinski definition) is 4. The van der Waals surface area contributed by atoms with E-state index in [2.05, 4.69) is 5.32 Å². The summed E-state index contributed by atoms with van der Waals surface area (Å²) in [5.41, 5.74) is 1.92. The lowest BCUT2D eigenvalue weighted by atomic mass is 10.2. The maximum Gasteiger partial charge on any atom is 0.354 e. The van der Waals surface area contributed by atoms with Gasteiger partial charge in [-0.05, 0) is 49.1 Å². The van der Waals surface area contributed by atoms with E-state index in [0.717, 1.165) is 15.8 Å². The molecule has 0 saturated heterocycles. The number of amides is 1. The first-order valence-corrected chi connectivity index (χ1v) is 8.92. The van der Waals surface area contributed by atoms with Crippen LogP contribution in [-0.4, -0.2) is 23.6 Å². The number of aryl methyl sites for hydroxylation is 1. The zero-order chi connectivity index (χ0) is 18.1. The Kier molecular flexibility index (Phi) is 4.83. The Balaban J connectivity index is 1.97. The van der Waals surface area contributed by atoms with E-state index >= 15 is 0 Å². The number of fused-ring (bicyclic) bond motifs is 1. The lowest BCUT2D eigenvalue weighted by Crippen LogP contribution is -2.26. The molecule has 1 atom stereocenters. The summed E-state index contributed by atoms with van der Waals surface area (Å²) in [5, 5.41) is 6.27. The molecule has 1 N–H and O–H groups in total. The molecule has 130 valence electrons. The van der Waals surface area contributed by atoms with Gasteiger partial charge in [-0.15, -0.1) is 11.3 Å². The molecule has 0 fully saturated rings. The number of methoxy groups -OCH3 is 1. The molecule has 0 aliphatic heterocycles. The van der Waals surface area contributed by atoms with Gasteiger partial charge in [0, 0.05) is 16.1 Å². The third-order valence-electron chi connectivity index (χ3n) is 4.06. The molecule has 1 unspecified atom stereocenters. The van der Waals surface area contributed by atoms with Gasteiger partial charge in [0.05, 0.1) is 7.11 Å². The minimum absolute atomic E-state index is 0.235. The smallest absolute Gasteiger partial charge is 0.354 e. The number of halogens is 1. The van der Waals surface area contributed by atoms with Crippen molar-refractivity contribution in [1.82, 2.24) is 4.57 Å². The molecule has 1 amide bonds. The van der Waals surface area contributed by atoms with Crippen LogP contribution in [0.25, 0.3) is 10.2 Å². The van der Waals surface area contributed by atoms with Crippen LogP contribution in [-0.2, 0) is 9.53 Å². The van der Waals surface area contributed by atoms with Gasteiger partial charge in [-0.1, -0.05) is 17.7 Å². The van der Waals surface area contributed by atoms with Gasteiger partial charge in [0.25, 0.3) is 0 Å². The summed E-state index contributed by atoms with van der Waals surface area (Å²) < 4.78 is 6.56. The van der Waals surface area contributed by atoms with Gasteiger partial charge in [-0.2, -0.15) is 0 Å². The summed E-state index contributed by atoms with van der Waals surface area (Å²) in [6, 6.07) is 8.38. The Morgan fingerprint density at radius 3 is 2.76 bits per heavy atom. The third-order valence-corrected chi connectivity index (χ3v) is 5.23. The number of esters is 1. The molecule has 1 aromatic carbocycles. The highest BCUT2D eigenvalue weighted by atomic mass is 35.5. The third kappa shape index (κ3) is 3.27. The predicted octanol–water partition coefficient (Wildman–Crippen LogP) is 4.65. The predicted molar refractivity (Wildman–Crippen MR) is 101 cm³/mol. The monoisotopic (exact) mass is 376 g/mol. The van der Waals surface area contributed by atoms with Crippen LogP contribution in [0.5, 0.6) is 0 Å². The number of anilines is 1. The second kappa shape index (κ2) is 6.90. The first-order valence-electron chi connectivity index (χ1n) is 7.66. The minimum atomic E-state index is -0.594. The summed E-state index contributed by atoms with van der Waals surface area (Å²) in [6.45, 7) is 3.64. The zero-order valence-electron chi connectivity index (χ0n) is 14.0. The van der Waals surface area contributed by atoms with Gasteiger partial charge in [0.1, 0.15) is 16.6 Å². The first-order chi connectivity index (χ1) is 11.9. The lowest BCUT2D eigenvalue weighted by molar-refractivity contribution is -0.118. The Morgan fingerprint density at radius 1 is 1.28 bits per heavy atom. The molecule has 3 aromatic rings. The van der Waals surface area contributed by atoms with Crippen molar-refractivity contribution in [2.75, 3.05) is 12.4 Å². The maximum atomic E-state index is 12.8. The van der Waals surface area contributed by atoms with Crippen LogP contribution >= 0.6 is 22.9 Å². The molecular weight excluding hydrogens is 360 g/mol. The number of carbonyl (C=O) groups excluding carboxylic acids is 2. The van der Waals surface area contributed by atoms with Gasteiger partial charge >= 0.3 is 5.97 Å². The van der Waals surface area contributed by atoms with E-state index in [1.165, 1.54) is 18.4 Å². The van der Waals surface area contributed by atoms with Gasteiger partial charge in [-0.3, -0.25) is 4.79 Å². The van der Waals surface area contributed by atoms with Gasteiger partial charge in [0.15, 0.2) is 0 Å². The van der Waals surface area contributed by atoms with E-state index in [0.29, 0.717) is 16.4 Å². The molecule has 2 aromatic heterocycles. The molecule has 5 nitrogen and oxygen atoms in total. The summed E-state index contributed by atoms with van der Waals surface area (Å²) in [6.07, 6.45) is 0. The van der Waals surface area contributed by atoms with Crippen molar-refractivity contribution < 1.29 is 14.3 Å². The lowest BCUT2D eigenvalue weighted by Gasteiger charge is -2.18. The van der Waals surface area contributed by atoms with E-state index < -0.39 is 12.0 Å². The average Bonchev–Trinajstić information content (AvgIpc) is 3.17. The number of aromatic nitrogens is 1. The first kappa shape index (κ1) is 17.5. The van der Waals surface area contributed by atoms with Crippen LogP contribution < -0.4 is 5.32 Å². The standard InChI is InChI=1S/C18H17ClN2O3S/c1-10-4-5-13(19)9-14(10)20-16(22)11(2)21-15(18(23)24-3)8-12-6-7-25-17(12)21/h4-9,11H,1-3H3,(H,20,22). The fourth-order valence-electron chi connectivity index (χ4n) is 2.67. The number of thiophene rings is 1. The van der Waals surface area contributed by atoms with Gasteiger partial charge < -0.3 is 14.6 Å². The molecule has 0 radical (unpaired) electrons. The molecule has 0 bridgehead atoms. The molecule has 0 aliphatic carbocycles. The van der Waals surface area contributed by atoms with Crippen molar-refractivity contribution in [2.24, 2.45) is 0 Å². The van der Waals surface area contributed by atoms with E-state index in [4.69, 9.17) is 16.3 Å². The highest BCUT2D eigenvalue weighted by Gasteiger charge is 2.25. The Bertz CT molecular complexity index is 961. The number of benzene rings is 1. The molecule has 0 saturated carbocycles. The number of rotatable bonds is 4. The molecule has 7 heteroatoms. The van der Waals surface area contributed by atoms with Crippen molar-refractivity contribution in [3.05, 3.63) is 52.0 Å². The summed E-state index contributed by atoms with van der Waals surface area (Å²) in [5.74, 6) is -0.705. The van der Waals surface area contributed by atoms with Crippen molar-refractivity contribution in [1.29, 1.82) is 0 Å². The molecule has 2 heterocycles. The second-order valence-electron chi connectivity index (χ2n) is 5.70. The van der Waals surface area contributed by atoms with Gasteiger partial charge in [-0.25, -0.2) is 4.79 Å². The highest BCUT2D eigenvalue weighted by Crippen LogP contribution is 2.30. The fraction of sp³-hybridized carbons (Fsp3) is 0.222. The van der Waals surface area contributed by atoms with E-state index in [1.807, 2.05) is 24.4 Å². The summed E-state index contributed by atoms with van der Waals surface area (Å²) in [7, 11) is 1.33. The summed E-state index contributed by atoms with van der Waals surface area (Å²) >= 11 is 7.49. The van der Waals surface area contributed by atoms with Crippen LogP contribution in [0.3, 0.4) is 0 Å². The largest absolute Gasteiger partial charge is 0.464 e. The Labute approximate surface area is 154 Å². The number of hydrogen-bond donors (Lipinski definition) is 1. The van der Waals surface area contributed by atoms with E-state index in [-0.39, 0.29) is 5.91 Å². The molecule has 25 heavy (non-hydrogen) atoms. The molecular formula is C18H17ClN2O3S. The van der Waals surface area contributed by atoms with Crippen molar-refractivity contribution >= 4 is 50.7 Å². The zero-order valence-corrected chi connectivity index (χ0v) is 15.6. The van der Waals surface area contributed by atoms with Crippen LogP contribution in [0.15, 0.2) is 35.7 Å². The minimum Gasteiger partial charge on any atom is -0.464 e. The topological polar surface area (TPSA) is 60.3 Å². The van der Waals surface area contributed by atoms with Crippen LogP contribution in [0, 0.1) is 6.92 Å². The molecule has 3 rings (SSSR count). The van der Waals surface area contributed by atoms with Crippen molar-refractivity contribution in [2.45, 2.75) is 19.9 Å². The Morgan fingerprint density at radius 2 is 2.04 bits per heavy atom. The Hall–Kier alpha value is -2.31. The van der Waals surface area contributed by atoms with Crippen LogP contribution in [0.4, 0.5) is 5.69 Å². The maximum absolute atomic E-state index is 12.8. The van der Waals surface area contributed by atoms with Crippen LogP contribution in [0.1, 0.15) is 29.0 Å². The van der Waals surface area contributed by atoms with E-state index in [1.54, 1.807) is 29.7 Å². The average molecular weight is 377 g/mol. The normalized spacial score (nSPS) is 12.2. The quantitative estimate of drug-likeness (QED) is 0.674. The molecule has 0 aliphatic rings. The number of ether oxygens (including phenoxy) is 1. The number of nitrogens with zero attached hydrogens (tertiary/aromatic N) is 1. The second-order valence-corrected chi connectivity index (χ2v) is 7.03. The van der Waals surface area contributed by atoms with Gasteiger partial charge in [0.2, 0.25) is 5.91 Å². The van der Waals surface area contributed by atoms with E-state index in [9.17, 15) is 9.59 Å². The van der Waals surface area contributed by atoms with Crippen molar-refractivity contribution in [3.8, 4) is 0 Å². The van der Waals surface area contributed by atoms with Crippen LogP contribution in [0.2, 0.25) is 5.02 Å². The number of carbonyl (C=O) groups is 2. The molecule has 0 spiro atoms. The fourth-order valence-corrected chi connectivity index (χ4v) is 3.82. The SMILES string of the molecule is COC(=O)c1cc2ccsc2n1C(C)C(=O)Nc1cc(Cl)ccc1C. The summed E-state index contributed by atoms with van der Waals surface area (Å²) in [4.78, 5) is 25.7. The number of nitrogens with one attached hydrogen (secondary N) is 1.